The average molecular weight is 631 g/mol. The molecular weight excluding hydrogens is 568 g/mol. The van der Waals surface area contributed by atoms with Crippen LogP contribution >= 0.6 is 0 Å². The largest absolute Gasteiger partial charge is 0.458 e. The van der Waals surface area contributed by atoms with Crippen LogP contribution < -0.4 is 0 Å². The lowest BCUT2D eigenvalue weighted by molar-refractivity contribution is -0.0482. The summed E-state index contributed by atoms with van der Waals surface area (Å²) in [6.07, 6.45) is 20.1. The Balaban J connectivity index is 1.12. The zero-order valence-electron chi connectivity index (χ0n) is 29.9. The van der Waals surface area contributed by atoms with E-state index in [-0.39, 0.29) is 45.8 Å². The van der Waals surface area contributed by atoms with E-state index in [9.17, 15) is 9.59 Å². The number of benzene rings is 1. The van der Waals surface area contributed by atoms with Crippen LogP contribution in [0.1, 0.15) is 165 Å². The van der Waals surface area contributed by atoms with Gasteiger partial charge in [0.1, 0.15) is 12.2 Å². The van der Waals surface area contributed by atoms with Gasteiger partial charge in [-0.2, -0.15) is 0 Å². The van der Waals surface area contributed by atoms with Crippen molar-refractivity contribution in [2.45, 2.75) is 156 Å². The van der Waals surface area contributed by atoms with Gasteiger partial charge >= 0.3 is 11.9 Å². The Morgan fingerprint density at radius 1 is 0.587 bits per heavy atom. The minimum absolute atomic E-state index is 0.0439. The molecule has 0 N–H and O–H groups in total. The van der Waals surface area contributed by atoms with Crippen molar-refractivity contribution in [2.24, 2.45) is 57.2 Å². The summed E-state index contributed by atoms with van der Waals surface area (Å²) in [6.45, 7) is 14.4. The van der Waals surface area contributed by atoms with Gasteiger partial charge in [0, 0.05) is 22.7 Å². The molecule has 6 fully saturated rings. The Morgan fingerprint density at radius 2 is 0.957 bits per heavy atom. The Bertz CT molecular complexity index is 1200. The Morgan fingerprint density at radius 3 is 1.33 bits per heavy atom. The van der Waals surface area contributed by atoms with E-state index >= 15 is 0 Å². The fourth-order valence-corrected chi connectivity index (χ4v) is 12.8. The lowest BCUT2D eigenvalue weighted by Gasteiger charge is -2.41. The van der Waals surface area contributed by atoms with E-state index in [0.29, 0.717) is 34.8 Å². The third kappa shape index (κ3) is 5.03. The van der Waals surface area contributed by atoms with Crippen LogP contribution in [0.2, 0.25) is 0 Å². The van der Waals surface area contributed by atoms with E-state index in [1.807, 2.05) is 12.1 Å². The molecule has 1 aromatic rings. The van der Waals surface area contributed by atoms with Gasteiger partial charge in [-0.05, 0) is 85.2 Å². The predicted molar refractivity (Wildman–Crippen MR) is 183 cm³/mol. The molecule has 0 amide bonds. The number of fused-ring (bicyclic) bond motifs is 4. The van der Waals surface area contributed by atoms with Gasteiger partial charge in [-0.15, -0.1) is 0 Å². The molecule has 6 saturated carbocycles. The number of rotatable bonds is 8. The van der Waals surface area contributed by atoms with Crippen molar-refractivity contribution in [2.75, 3.05) is 0 Å². The number of carbonyl (C=O) groups is 2. The molecule has 7 rings (SSSR count). The second-order valence-corrected chi connectivity index (χ2v) is 18.6. The molecule has 6 aliphatic carbocycles. The van der Waals surface area contributed by atoms with E-state index in [1.54, 1.807) is 12.1 Å². The second kappa shape index (κ2) is 11.9. The van der Waals surface area contributed by atoms with E-state index < -0.39 is 0 Å². The van der Waals surface area contributed by atoms with Crippen molar-refractivity contribution in [3.63, 3.8) is 0 Å². The van der Waals surface area contributed by atoms with Crippen LogP contribution in [0.4, 0.5) is 0 Å². The lowest BCUT2D eigenvalue weighted by atomic mass is 9.69. The number of hydrogen-bond donors (Lipinski definition) is 0. The quantitative estimate of drug-likeness (QED) is 0.268. The molecule has 46 heavy (non-hydrogen) atoms. The molecule has 4 nitrogen and oxygen atoms in total. The monoisotopic (exact) mass is 630 g/mol. The minimum atomic E-state index is -0.339. The highest BCUT2D eigenvalue weighted by Crippen LogP contribution is 2.71. The fourth-order valence-electron chi connectivity index (χ4n) is 12.8. The lowest BCUT2D eigenvalue weighted by Crippen LogP contribution is -2.42. The summed E-state index contributed by atoms with van der Waals surface area (Å²) in [4.78, 5) is 28.4. The first-order valence-corrected chi connectivity index (χ1v) is 19.4. The highest BCUT2D eigenvalue weighted by Gasteiger charge is 2.69. The molecule has 0 unspecified atom stereocenters. The van der Waals surface area contributed by atoms with Gasteiger partial charge in [0.25, 0.3) is 0 Å². The van der Waals surface area contributed by atoms with Gasteiger partial charge in [-0.1, -0.05) is 118 Å². The Kier molecular flexibility index (Phi) is 8.49. The molecule has 0 heterocycles. The van der Waals surface area contributed by atoms with Gasteiger partial charge in [0.15, 0.2) is 0 Å². The van der Waals surface area contributed by atoms with E-state index in [4.69, 9.17) is 9.47 Å². The third-order valence-corrected chi connectivity index (χ3v) is 16.3. The average Bonchev–Trinajstić information content (AvgIpc) is 3.54. The highest BCUT2D eigenvalue weighted by atomic mass is 16.6. The zero-order valence-corrected chi connectivity index (χ0v) is 29.9. The molecule has 0 spiro atoms. The molecule has 0 aliphatic heterocycles. The van der Waals surface area contributed by atoms with Crippen LogP contribution in [0.15, 0.2) is 24.3 Å². The predicted octanol–water partition coefficient (Wildman–Crippen LogP) is 10.8. The van der Waals surface area contributed by atoms with E-state index in [2.05, 4.69) is 41.5 Å². The highest BCUT2D eigenvalue weighted by molar-refractivity contribution is 6.03. The molecule has 254 valence electrons. The number of ether oxygens (including phenoxy) is 2. The molecule has 4 bridgehead atoms. The number of carbonyl (C=O) groups excluding carboxylic acids is 2. The maximum Gasteiger partial charge on any atom is 0.339 e. The van der Waals surface area contributed by atoms with Crippen LogP contribution in [0.5, 0.6) is 0 Å². The van der Waals surface area contributed by atoms with Crippen molar-refractivity contribution in [3.05, 3.63) is 35.4 Å². The molecular formula is C42H62O4. The topological polar surface area (TPSA) is 52.6 Å². The SMILES string of the molecule is CC1(C)[C@H]2CC[C@]1(C)[C@H](OC(=O)c1ccccc1C(=O)O[C@@H]1[C@H](CC3CCCCC3)[C@@H]3CC[C@@]1(C)C3(C)C)[C@@H]2CC1CCCCC1. The van der Waals surface area contributed by atoms with Crippen LogP contribution in [0.3, 0.4) is 0 Å². The van der Waals surface area contributed by atoms with Crippen molar-refractivity contribution in [3.8, 4) is 0 Å². The molecule has 1 aromatic carbocycles. The number of hydrogen-bond acceptors (Lipinski definition) is 4. The third-order valence-electron chi connectivity index (χ3n) is 16.3. The fraction of sp³-hybridized carbons (Fsp3) is 0.810. The maximum absolute atomic E-state index is 14.2. The first kappa shape index (κ1) is 32.7. The molecule has 0 aromatic heterocycles. The standard InChI is InChI=1S/C42H62O4/c1-39(2)33-21-23-41(39,5)35(31(33)25-27-15-9-7-10-16-27)45-37(43)29-19-13-14-20-30(29)38(44)46-36-32(26-28-17-11-8-12-18-28)34-22-24-42(36,6)40(34,3)4/h13-14,19-20,27-28,31-36H,7-12,15-18,21-26H2,1-6H3/t31-,32-,33+,34+,35-,36-,41-,42-/m1/s1. The summed E-state index contributed by atoms with van der Waals surface area (Å²) in [6, 6.07) is 7.32. The van der Waals surface area contributed by atoms with Gasteiger partial charge in [0.2, 0.25) is 0 Å². The van der Waals surface area contributed by atoms with Gasteiger partial charge in [-0.25, -0.2) is 9.59 Å². The Labute approximate surface area is 279 Å². The normalized spacial score (nSPS) is 39.9. The van der Waals surface area contributed by atoms with Crippen molar-refractivity contribution < 1.29 is 19.1 Å². The van der Waals surface area contributed by atoms with E-state index in [0.717, 1.165) is 24.7 Å². The summed E-state index contributed by atoms with van der Waals surface area (Å²) in [5.74, 6) is 2.78. The summed E-state index contributed by atoms with van der Waals surface area (Å²) in [7, 11) is 0. The smallest absolute Gasteiger partial charge is 0.339 e. The summed E-state index contributed by atoms with van der Waals surface area (Å²) in [5, 5.41) is 0. The molecule has 6 aliphatic rings. The van der Waals surface area contributed by atoms with Gasteiger partial charge < -0.3 is 9.47 Å². The first-order chi connectivity index (χ1) is 21.9. The van der Waals surface area contributed by atoms with Crippen molar-refractivity contribution in [1.82, 2.24) is 0 Å². The van der Waals surface area contributed by atoms with Crippen molar-refractivity contribution in [1.29, 1.82) is 0 Å². The maximum atomic E-state index is 14.2. The van der Waals surface area contributed by atoms with Crippen LogP contribution in [0, 0.1) is 57.2 Å². The van der Waals surface area contributed by atoms with Crippen LogP contribution in [0.25, 0.3) is 0 Å². The summed E-state index contributed by atoms with van der Waals surface area (Å²) in [5.41, 5.74) is 0.935. The summed E-state index contributed by atoms with van der Waals surface area (Å²) >= 11 is 0. The molecule has 4 heteroatoms. The molecule has 8 atom stereocenters. The minimum Gasteiger partial charge on any atom is -0.458 e. The first-order valence-electron chi connectivity index (χ1n) is 19.4. The Hall–Kier alpha value is -1.84. The zero-order chi connectivity index (χ0) is 32.5. The van der Waals surface area contributed by atoms with Crippen LogP contribution in [-0.2, 0) is 9.47 Å². The van der Waals surface area contributed by atoms with E-state index in [1.165, 1.54) is 89.9 Å². The molecule has 0 radical (unpaired) electrons. The van der Waals surface area contributed by atoms with Crippen LogP contribution in [-0.4, -0.2) is 24.1 Å². The van der Waals surface area contributed by atoms with Crippen molar-refractivity contribution >= 4 is 11.9 Å². The molecule has 0 saturated heterocycles. The van der Waals surface area contributed by atoms with Gasteiger partial charge in [-0.3, -0.25) is 0 Å². The second-order valence-electron chi connectivity index (χ2n) is 18.6. The van der Waals surface area contributed by atoms with Gasteiger partial charge in [0.05, 0.1) is 11.1 Å². The number of esters is 2. The summed E-state index contributed by atoms with van der Waals surface area (Å²) < 4.78 is 13.3.